The van der Waals surface area contributed by atoms with Crippen LogP contribution < -0.4 is 4.52 Å². The molecule has 196 valence electrons. The van der Waals surface area contributed by atoms with Crippen LogP contribution in [0.1, 0.15) is 107 Å². The summed E-state index contributed by atoms with van der Waals surface area (Å²) in [5, 5.41) is 0. The summed E-state index contributed by atoms with van der Waals surface area (Å²) < 4.78 is 19.2. The summed E-state index contributed by atoms with van der Waals surface area (Å²) in [4.78, 5) is 0. The Morgan fingerprint density at radius 3 is 2.00 bits per heavy atom. The number of rotatable bonds is 3. The van der Waals surface area contributed by atoms with Crippen LogP contribution in [0.25, 0.3) is 0 Å². The lowest BCUT2D eigenvalue weighted by Gasteiger charge is -2.33. The standard InChI is InChI=1S/C31H49O3P/c1-15-32-35-33-26(20-28(3,4)5)22(16-21(2)29(6,7)8)17-23-18-24(30(9,10)11)19-25(27(23)34-35)31(12,13)14/h16,18-20H,2,15,17H2,1,3-14H3/b22-16-,26-20-. The molecule has 0 radical (unpaired) electrons. The predicted molar refractivity (Wildman–Crippen MR) is 152 cm³/mol. The van der Waals surface area contributed by atoms with E-state index in [4.69, 9.17) is 13.6 Å². The van der Waals surface area contributed by atoms with Crippen molar-refractivity contribution in [2.75, 3.05) is 6.61 Å². The molecule has 4 heteroatoms. The highest BCUT2D eigenvalue weighted by molar-refractivity contribution is 7.42. The van der Waals surface area contributed by atoms with Gasteiger partial charge in [0.15, 0.2) is 0 Å². The number of hydrogen-bond acceptors (Lipinski definition) is 3. The van der Waals surface area contributed by atoms with Crippen molar-refractivity contribution < 1.29 is 13.6 Å². The third-order valence-corrected chi connectivity index (χ3v) is 7.13. The van der Waals surface area contributed by atoms with E-state index in [2.05, 4.69) is 114 Å². The quantitative estimate of drug-likeness (QED) is 0.386. The number of hydrogen-bond donors (Lipinski definition) is 0. The maximum absolute atomic E-state index is 6.60. The van der Waals surface area contributed by atoms with E-state index in [1.807, 2.05) is 6.92 Å². The van der Waals surface area contributed by atoms with Crippen molar-refractivity contribution in [2.24, 2.45) is 10.8 Å². The Hall–Kier alpha value is -1.57. The van der Waals surface area contributed by atoms with Crippen molar-refractivity contribution >= 4 is 8.60 Å². The molecule has 1 aliphatic rings. The van der Waals surface area contributed by atoms with E-state index in [-0.39, 0.29) is 21.7 Å². The van der Waals surface area contributed by atoms with Gasteiger partial charge in [0.1, 0.15) is 11.5 Å². The lowest BCUT2D eigenvalue weighted by Crippen LogP contribution is -2.20. The molecule has 3 nitrogen and oxygen atoms in total. The first-order chi connectivity index (χ1) is 15.7. The second-order valence-corrected chi connectivity index (χ2v) is 14.9. The minimum atomic E-state index is -1.61. The van der Waals surface area contributed by atoms with Gasteiger partial charge in [-0.05, 0) is 56.9 Å². The zero-order chi connectivity index (χ0) is 27.0. The van der Waals surface area contributed by atoms with Gasteiger partial charge in [-0.3, -0.25) is 4.52 Å². The highest BCUT2D eigenvalue weighted by Crippen LogP contribution is 2.52. The van der Waals surface area contributed by atoms with Gasteiger partial charge in [-0.15, -0.1) is 0 Å². The van der Waals surface area contributed by atoms with E-state index in [1.165, 1.54) is 16.7 Å². The average Bonchev–Trinajstić information content (AvgIpc) is 2.63. The molecule has 0 spiro atoms. The van der Waals surface area contributed by atoms with E-state index >= 15 is 0 Å². The fourth-order valence-electron chi connectivity index (χ4n) is 3.66. The Labute approximate surface area is 217 Å². The number of benzene rings is 1. The van der Waals surface area contributed by atoms with Gasteiger partial charge >= 0.3 is 8.60 Å². The summed E-state index contributed by atoms with van der Waals surface area (Å²) in [5.41, 5.74) is 5.65. The average molecular weight is 501 g/mol. The van der Waals surface area contributed by atoms with Gasteiger partial charge in [-0.2, -0.15) is 0 Å². The number of fused-ring (bicyclic) bond motifs is 1. The van der Waals surface area contributed by atoms with E-state index in [0.717, 1.165) is 22.7 Å². The fraction of sp³-hybridized carbons (Fsp3) is 0.613. The Bertz CT molecular complexity index is 986. The minimum absolute atomic E-state index is 0.0154. The first kappa shape index (κ1) is 29.7. The van der Waals surface area contributed by atoms with Gasteiger partial charge in [0.05, 0.1) is 6.61 Å². The largest absolute Gasteiger partial charge is 0.463 e. The Kier molecular flexibility index (Phi) is 8.84. The van der Waals surface area contributed by atoms with Gasteiger partial charge in [0, 0.05) is 12.0 Å². The van der Waals surface area contributed by atoms with Gasteiger partial charge in [0.25, 0.3) is 0 Å². The van der Waals surface area contributed by atoms with E-state index in [1.54, 1.807) is 0 Å². The molecule has 1 aromatic carbocycles. The zero-order valence-corrected chi connectivity index (χ0v) is 25.5. The molecular weight excluding hydrogens is 451 g/mol. The second-order valence-electron chi connectivity index (χ2n) is 13.8. The highest BCUT2D eigenvalue weighted by atomic mass is 31.2. The Balaban J connectivity index is 2.91. The van der Waals surface area contributed by atoms with Crippen LogP contribution in [0.3, 0.4) is 0 Å². The summed E-state index contributed by atoms with van der Waals surface area (Å²) in [6, 6.07) is 4.63. The van der Waals surface area contributed by atoms with Crippen LogP contribution in [0.2, 0.25) is 0 Å². The monoisotopic (exact) mass is 500 g/mol. The van der Waals surface area contributed by atoms with E-state index in [0.29, 0.717) is 13.0 Å². The Morgan fingerprint density at radius 2 is 1.54 bits per heavy atom. The molecular formula is C31H49O3P. The molecule has 0 fully saturated rings. The third kappa shape index (κ3) is 8.22. The summed E-state index contributed by atoms with van der Waals surface area (Å²) in [6.07, 6.45) is 5.11. The molecule has 1 heterocycles. The van der Waals surface area contributed by atoms with Crippen LogP contribution in [0, 0.1) is 10.8 Å². The normalized spacial score (nSPS) is 20.1. The summed E-state index contributed by atoms with van der Waals surface area (Å²) in [7, 11) is -1.61. The smallest absolute Gasteiger partial charge is 0.418 e. The van der Waals surface area contributed by atoms with E-state index in [9.17, 15) is 0 Å². The van der Waals surface area contributed by atoms with Crippen LogP contribution in [-0.2, 0) is 26.3 Å². The molecule has 0 N–H and O–H groups in total. The van der Waals surface area contributed by atoms with Crippen molar-refractivity contribution in [3.63, 3.8) is 0 Å². The minimum Gasteiger partial charge on any atom is -0.418 e. The fourth-order valence-corrected chi connectivity index (χ4v) is 4.71. The maximum Gasteiger partial charge on any atom is 0.463 e. The topological polar surface area (TPSA) is 27.7 Å². The molecule has 0 aromatic heterocycles. The zero-order valence-electron chi connectivity index (χ0n) is 24.6. The summed E-state index contributed by atoms with van der Waals surface area (Å²) in [5.74, 6) is 1.72. The van der Waals surface area contributed by atoms with Crippen molar-refractivity contribution in [3.8, 4) is 5.75 Å². The molecule has 0 bridgehead atoms. The first-order valence-corrected chi connectivity index (χ1v) is 13.9. The molecule has 1 unspecified atom stereocenters. The van der Waals surface area contributed by atoms with Crippen LogP contribution in [0.5, 0.6) is 5.75 Å². The van der Waals surface area contributed by atoms with Gasteiger partial charge in [-0.25, -0.2) is 0 Å². The van der Waals surface area contributed by atoms with Crippen LogP contribution >= 0.6 is 8.60 Å². The highest BCUT2D eigenvalue weighted by Gasteiger charge is 2.33. The molecule has 1 aliphatic heterocycles. The van der Waals surface area contributed by atoms with Crippen LogP contribution in [-0.4, -0.2) is 6.61 Å². The molecule has 1 atom stereocenters. The molecule has 1 aromatic rings. The molecule has 0 amide bonds. The Morgan fingerprint density at radius 1 is 0.943 bits per heavy atom. The molecule has 35 heavy (non-hydrogen) atoms. The maximum atomic E-state index is 6.60. The van der Waals surface area contributed by atoms with Crippen molar-refractivity contribution in [2.45, 2.75) is 107 Å². The van der Waals surface area contributed by atoms with Crippen LogP contribution in [0.4, 0.5) is 0 Å². The predicted octanol–water partition coefficient (Wildman–Crippen LogP) is 9.96. The van der Waals surface area contributed by atoms with Gasteiger partial charge < -0.3 is 9.05 Å². The first-order valence-electron chi connectivity index (χ1n) is 12.8. The number of allylic oxidation sites excluding steroid dienone is 4. The van der Waals surface area contributed by atoms with Gasteiger partial charge in [0.2, 0.25) is 0 Å². The molecule has 0 aliphatic carbocycles. The third-order valence-electron chi connectivity index (χ3n) is 5.99. The van der Waals surface area contributed by atoms with Crippen molar-refractivity contribution in [1.82, 2.24) is 0 Å². The molecule has 0 saturated carbocycles. The van der Waals surface area contributed by atoms with E-state index < -0.39 is 8.60 Å². The second kappa shape index (κ2) is 10.4. The summed E-state index contributed by atoms with van der Waals surface area (Å²) in [6.45, 7) is 33.6. The van der Waals surface area contributed by atoms with Gasteiger partial charge in [-0.1, -0.05) is 108 Å². The lowest BCUT2D eigenvalue weighted by molar-refractivity contribution is 0.246. The molecule has 2 rings (SSSR count). The SMILES string of the molecule is C=C(/C=C1/Cc2cc(C(C)(C)C)cc(C(C)(C)C)c2OP(OCC)O/C1=C\C(C)(C)C)C(C)(C)C. The lowest BCUT2D eigenvalue weighted by atomic mass is 9.78. The summed E-state index contributed by atoms with van der Waals surface area (Å²) >= 11 is 0. The van der Waals surface area contributed by atoms with Crippen molar-refractivity contribution in [3.05, 3.63) is 64.5 Å². The molecule has 0 saturated heterocycles. The van der Waals surface area contributed by atoms with Crippen molar-refractivity contribution in [1.29, 1.82) is 0 Å². The van der Waals surface area contributed by atoms with Crippen LogP contribution in [0.15, 0.2) is 47.8 Å².